The van der Waals surface area contributed by atoms with Crippen molar-refractivity contribution in [3.05, 3.63) is 71.2 Å². The minimum Gasteiger partial charge on any atom is -0.308 e. The van der Waals surface area contributed by atoms with E-state index in [0.29, 0.717) is 21.7 Å². The molecule has 31 heavy (non-hydrogen) atoms. The van der Waals surface area contributed by atoms with Crippen LogP contribution in [0.3, 0.4) is 0 Å². The molecule has 3 rings (SSSR count). The average Bonchev–Trinajstić information content (AvgIpc) is 2.71. The highest BCUT2D eigenvalue weighted by atomic mass is 35.5. The topological polar surface area (TPSA) is 72.9 Å². The lowest BCUT2D eigenvalue weighted by atomic mass is 10.1. The van der Waals surface area contributed by atoms with Gasteiger partial charge in [-0.1, -0.05) is 48.0 Å². The van der Waals surface area contributed by atoms with Crippen LogP contribution in [0.15, 0.2) is 65.6 Å². The van der Waals surface area contributed by atoms with Gasteiger partial charge >= 0.3 is 7.60 Å². The first-order valence-electron chi connectivity index (χ1n) is 9.86. The molecule has 0 unspecified atom stereocenters. The molecule has 0 aliphatic rings. The number of sulfonamides is 1. The number of rotatable bonds is 9. The lowest BCUT2D eigenvalue weighted by molar-refractivity contribution is 0.221. The van der Waals surface area contributed by atoms with Crippen LogP contribution < -0.4 is 4.31 Å². The number of hydrogen-bond donors (Lipinski definition) is 0. The molecule has 0 aromatic heterocycles. The Balaban J connectivity index is 2.24. The number of aryl methyl sites for hydroxylation is 1. The zero-order chi connectivity index (χ0) is 22.6. The second-order valence-corrected chi connectivity index (χ2v) is 11.2. The molecule has 0 saturated heterocycles. The number of nitrogens with zero attached hydrogens (tertiary/aromatic N) is 1. The van der Waals surface area contributed by atoms with E-state index < -0.39 is 23.9 Å². The van der Waals surface area contributed by atoms with Gasteiger partial charge in [-0.05, 0) is 56.0 Å². The minimum atomic E-state index is -4.14. The molecule has 0 amide bonds. The van der Waals surface area contributed by atoms with Gasteiger partial charge < -0.3 is 9.05 Å². The molecule has 3 aromatic carbocycles. The van der Waals surface area contributed by atoms with Crippen molar-refractivity contribution in [1.82, 2.24) is 0 Å². The maximum atomic E-state index is 13.8. The Kier molecular flexibility index (Phi) is 7.45. The third-order valence-corrected chi connectivity index (χ3v) is 8.67. The van der Waals surface area contributed by atoms with Crippen molar-refractivity contribution < 1.29 is 22.0 Å². The summed E-state index contributed by atoms with van der Waals surface area (Å²) in [4.78, 5) is 0.00461. The van der Waals surface area contributed by atoms with Crippen molar-refractivity contribution in [3.63, 3.8) is 0 Å². The van der Waals surface area contributed by atoms with Crippen LogP contribution in [0.25, 0.3) is 10.8 Å². The summed E-state index contributed by atoms with van der Waals surface area (Å²) in [5.41, 5.74) is 1.08. The Hall–Kier alpha value is -1.89. The lowest BCUT2D eigenvalue weighted by Crippen LogP contribution is -2.33. The van der Waals surface area contributed by atoms with E-state index in [4.69, 9.17) is 20.6 Å². The first-order chi connectivity index (χ1) is 14.7. The third-order valence-electron chi connectivity index (χ3n) is 4.59. The average molecular weight is 482 g/mol. The van der Waals surface area contributed by atoms with Gasteiger partial charge in [-0.25, -0.2) is 8.42 Å². The van der Waals surface area contributed by atoms with E-state index in [0.717, 1.165) is 9.69 Å². The van der Waals surface area contributed by atoms with E-state index >= 15 is 0 Å². The summed E-state index contributed by atoms with van der Waals surface area (Å²) in [6, 6.07) is 17.3. The van der Waals surface area contributed by atoms with Gasteiger partial charge in [-0.15, -0.1) is 0 Å². The maximum absolute atomic E-state index is 13.8. The van der Waals surface area contributed by atoms with E-state index in [-0.39, 0.29) is 18.1 Å². The highest BCUT2D eigenvalue weighted by Gasteiger charge is 2.35. The number of anilines is 1. The van der Waals surface area contributed by atoms with Gasteiger partial charge in [0.25, 0.3) is 10.0 Å². The van der Waals surface area contributed by atoms with Crippen LogP contribution in [0.5, 0.6) is 0 Å². The van der Waals surface area contributed by atoms with Crippen molar-refractivity contribution >= 4 is 45.7 Å². The van der Waals surface area contributed by atoms with Crippen molar-refractivity contribution in [2.75, 3.05) is 23.8 Å². The van der Waals surface area contributed by atoms with E-state index in [2.05, 4.69) is 0 Å². The predicted molar refractivity (Wildman–Crippen MR) is 126 cm³/mol. The van der Waals surface area contributed by atoms with Crippen molar-refractivity contribution in [1.29, 1.82) is 0 Å². The van der Waals surface area contributed by atoms with Crippen molar-refractivity contribution in [2.24, 2.45) is 0 Å². The van der Waals surface area contributed by atoms with Gasteiger partial charge in [0.05, 0.1) is 23.8 Å². The zero-order valence-corrected chi connectivity index (χ0v) is 20.1. The molecule has 9 heteroatoms. The summed E-state index contributed by atoms with van der Waals surface area (Å²) in [7, 11) is -7.89. The molecule has 166 valence electrons. The van der Waals surface area contributed by atoms with Gasteiger partial charge in [0.1, 0.15) is 6.29 Å². The Morgan fingerprint density at radius 1 is 0.968 bits per heavy atom. The third kappa shape index (κ3) is 5.30. The van der Waals surface area contributed by atoms with E-state index in [1.54, 1.807) is 39.0 Å². The van der Waals surface area contributed by atoms with Gasteiger partial charge in [0, 0.05) is 10.4 Å². The van der Waals surface area contributed by atoms with Crippen LogP contribution in [0.1, 0.15) is 19.4 Å². The fourth-order valence-corrected chi connectivity index (χ4v) is 7.52. The molecule has 0 saturated carbocycles. The minimum absolute atomic E-state index is 0.00461. The van der Waals surface area contributed by atoms with E-state index in [9.17, 15) is 13.0 Å². The molecule has 6 nitrogen and oxygen atoms in total. The molecule has 0 fully saturated rings. The Labute approximate surface area is 188 Å². The van der Waals surface area contributed by atoms with Crippen LogP contribution in [-0.2, 0) is 23.6 Å². The standard InChI is InChI=1S/C22H25ClNO5PS/c1-4-28-30(25,29-5-2)16-24(22-12-8-10-18-9-6-7-11-21(18)22)31(26,27)20-14-17(3)13-19(23)15-20/h6-15H,4-5,16H2,1-3H3. The van der Waals surface area contributed by atoms with Crippen LogP contribution in [0, 0.1) is 6.92 Å². The molecular weight excluding hydrogens is 457 g/mol. The Morgan fingerprint density at radius 2 is 1.61 bits per heavy atom. The Bertz CT molecular complexity index is 1200. The monoisotopic (exact) mass is 481 g/mol. The van der Waals surface area contributed by atoms with Crippen LogP contribution in [0.2, 0.25) is 5.02 Å². The largest absolute Gasteiger partial charge is 0.350 e. The summed E-state index contributed by atoms with van der Waals surface area (Å²) in [5.74, 6) is 0. The second kappa shape index (κ2) is 9.72. The number of hydrogen-bond acceptors (Lipinski definition) is 5. The molecule has 0 atom stereocenters. The van der Waals surface area contributed by atoms with Gasteiger partial charge in [-0.2, -0.15) is 0 Å². The van der Waals surface area contributed by atoms with Gasteiger partial charge in [0.2, 0.25) is 0 Å². The maximum Gasteiger partial charge on any atom is 0.350 e. The molecular formula is C22H25ClNO5PS. The summed E-state index contributed by atoms with van der Waals surface area (Å²) < 4.78 is 52.9. The molecule has 0 radical (unpaired) electrons. The predicted octanol–water partition coefficient (Wildman–Crippen LogP) is 6.22. The first-order valence-corrected chi connectivity index (χ1v) is 13.4. The number of fused-ring (bicyclic) bond motifs is 1. The molecule has 0 spiro atoms. The SMILES string of the molecule is CCOP(=O)(CN(c1cccc2ccccc12)S(=O)(=O)c1cc(C)cc(Cl)c1)OCC. The number of halogens is 1. The van der Waals surface area contributed by atoms with Crippen LogP contribution in [-0.4, -0.2) is 27.9 Å². The summed E-state index contributed by atoms with van der Waals surface area (Å²) >= 11 is 6.15. The fraction of sp³-hybridized carbons (Fsp3) is 0.273. The first kappa shape index (κ1) is 23.8. The second-order valence-electron chi connectivity index (χ2n) is 6.90. The fourth-order valence-electron chi connectivity index (χ4n) is 3.36. The quantitative estimate of drug-likeness (QED) is 0.339. The smallest absolute Gasteiger partial charge is 0.308 e. The van der Waals surface area contributed by atoms with Gasteiger partial charge in [0.15, 0.2) is 0 Å². The molecule has 0 aliphatic carbocycles. The highest BCUT2D eigenvalue weighted by Crippen LogP contribution is 2.50. The summed E-state index contributed by atoms with van der Waals surface area (Å²) in [5, 5.41) is 1.85. The highest BCUT2D eigenvalue weighted by molar-refractivity contribution is 7.93. The lowest BCUT2D eigenvalue weighted by Gasteiger charge is -2.29. The Morgan fingerprint density at radius 3 is 2.26 bits per heavy atom. The summed E-state index contributed by atoms with van der Waals surface area (Å²) in [6.07, 6.45) is -0.462. The van der Waals surface area contributed by atoms with Gasteiger partial charge in [-0.3, -0.25) is 8.87 Å². The summed E-state index contributed by atoms with van der Waals surface area (Å²) in [6.45, 7) is 5.37. The molecule has 3 aromatic rings. The van der Waals surface area contributed by atoms with Crippen LogP contribution >= 0.6 is 19.2 Å². The molecule has 0 aliphatic heterocycles. The van der Waals surface area contributed by atoms with Crippen molar-refractivity contribution in [3.8, 4) is 0 Å². The number of benzene rings is 3. The molecule has 0 heterocycles. The normalized spacial score (nSPS) is 12.3. The van der Waals surface area contributed by atoms with E-state index in [1.165, 1.54) is 12.1 Å². The van der Waals surface area contributed by atoms with Crippen LogP contribution in [0.4, 0.5) is 5.69 Å². The van der Waals surface area contributed by atoms with Crippen molar-refractivity contribution in [2.45, 2.75) is 25.7 Å². The molecule has 0 bridgehead atoms. The molecule has 0 N–H and O–H groups in total. The zero-order valence-electron chi connectivity index (χ0n) is 17.6. The van der Waals surface area contributed by atoms with E-state index in [1.807, 2.05) is 30.3 Å².